The molecule has 8 rings (SSSR count). The zero-order chi connectivity index (χ0) is 38.1. The molecule has 4 aromatic rings. The number of benzene rings is 4. The molecule has 54 heavy (non-hydrogen) atoms. The molecular formula is C42H33Cl2FN2O7. The standard InChI is InChI=1S/C42H33Cl2FN2O7/c1-53-28-17-20-34(54-2)24(21-28)10-7-23-8-13-26(14-9-23)46-37(49)31-19-18-29-32(35(31)38(46)50)22-41(43)39(51)47(27-15-11-25(45)12-16-27)40(52)42(41,44)36(29)30-5-3-4-6-33(30)48/h3-18,20-21,31-32,35-36,48H,19,22H2,1-2H3/t31-,32+,35-,36+,41+,42-/m0/s1. The van der Waals surface area contributed by atoms with E-state index in [2.05, 4.69) is 0 Å². The van der Waals surface area contributed by atoms with Crippen molar-refractivity contribution in [2.75, 3.05) is 24.0 Å². The first kappa shape index (κ1) is 35.6. The van der Waals surface area contributed by atoms with Gasteiger partial charge in [-0.05, 0) is 85.0 Å². The number of amides is 4. The quantitative estimate of drug-likeness (QED) is 0.0898. The normalized spacial score (nSPS) is 27.5. The first-order valence-electron chi connectivity index (χ1n) is 17.3. The highest BCUT2D eigenvalue weighted by Crippen LogP contribution is 2.66. The Morgan fingerprint density at radius 2 is 1.48 bits per heavy atom. The second-order valence-electron chi connectivity index (χ2n) is 13.9. The average Bonchev–Trinajstić information content (AvgIpc) is 3.52. The number of aromatic hydroxyl groups is 1. The molecule has 2 saturated heterocycles. The molecule has 0 spiro atoms. The molecule has 1 saturated carbocycles. The van der Waals surface area contributed by atoms with Crippen molar-refractivity contribution in [2.45, 2.75) is 28.5 Å². The molecule has 12 heteroatoms. The summed E-state index contributed by atoms with van der Waals surface area (Å²) in [5.74, 6) is -5.56. The summed E-state index contributed by atoms with van der Waals surface area (Å²) in [6.45, 7) is 0. The number of hydrogen-bond donors (Lipinski definition) is 1. The second-order valence-corrected chi connectivity index (χ2v) is 15.1. The number of phenols is 1. The molecule has 2 aliphatic heterocycles. The summed E-state index contributed by atoms with van der Waals surface area (Å²) in [7, 11) is 3.17. The van der Waals surface area contributed by atoms with Gasteiger partial charge in [-0.25, -0.2) is 9.29 Å². The number of imide groups is 2. The molecule has 274 valence electrons. The molecule has 2 heterocycles. The van der Waals surface area contributed by atoms with E-state index in [1.165, 1.54) is 23.1 Å². The zero-order valence-electron chi connectivity index (χ0n) is 29.0. The molecular weight excluding hydrogens is 734 g/mol. The highest BCUT2D eigenvalue weighted by atomic mass is 35.5. The lowest BCUT2D eigenvalue weighted by Gasteiger charge is -2.50. The van der Waals surface area contributed by atoms with Gasteiger partial charge in [0, 0.05) is 17.0 Å². The number of nitrogens with zero attached hydrogens (tertiary/aromatic N) is 2. The maximum atomic E-state index is 14.5. The predicted octanol–water partition coefficient (Wildman–Crippen LogP) is 7.49. The number of halogens is 3. The number of phenolic OH excluding ortho intramolecular Hbond substituents is 1. The van der Waals surface area contributed by atoms with Gasteiger partial charge in [-0.3, -0.25) is 24.1 Å². The molecule has 0 bridgehead atoms. The molecule has 0 aromatic heterocycles. The van der Waals surface area contributed by atoms with Gasteiger partial charge in [-0.15, -0.1) is 23.2 Å². The van der Waals surface area contributed by atoms with Gasteiger partial charge in [0.05, 0.1) is 37.4 Å². The van der Waals surface area contributed by atoms with Gasteiger partial charge in [0.1, 0.15) is 23.1 Å². The van der Waals surface area contributed by atoms with Crippen LogP contribution < -0.4 is 19.3 Å². The summed E-state index contributed by atoms with van der Waals surface area (Å²) in [6, 6.07) is 23.6. The fourth-order valence-corrected chi connectivity index (χ4v) is 9.55. The number of rotatable bonds is 7. The lowest BCUT2D eigenvalue weighted by molar-refractivity contribution is -0.125. The van der Waals surface area contributed by atoms with Gasteiger partial charge in [0.2, 0.25) is 11.8 Å². The van der Waals surface area contributed by atoms with Crippen LogP contribution in [0.3, 0.4) is 0 Å². The highest BCUT2D eigenvalue weighted by molar-refractivity contribution is 6.58. The number of carbonyl (C=O) groups is 4. The van der Waals surface area contributed by atoms with E-state index in [1.54, 1.807) is 68.8 Å². The van der Waals surface area contributed by atoms with Crippen LogP contribution in [-0.4, -0.2) is 52.7 Å². The van der Waals surface area contributed by atoms with Crippen LogP contribution in [0.4, 0.5) is 15.8 Å². The Morgan fingerprint density at radius 1 is 0.796 bits per heavy atom. The third kappa shape index (κ3) is 5.18. The number of allylic oxidation sites excluding steroid dienone is 2. The molecule has 4 aromatic carbocycles. The summed E-state index contributed by atoms with van der Waals surface area (Å²) in [5, 5.41) is 11.2. The zero-order valence-corrected chi connectivity index (χ0v) is 30.6. The monoisotopic (exact) mass is 766 g/mol. The molecule has 2 aliphatic carbocycles. The Labute approximate surface area is 320 Å². The summed E-state index contributed by atoms with van der Waals surface area (Å²) in [6.07, 6.45) is 5.48. The average molecular weight is 768 g/mol. The van der Waals surface area contributed by atoms with Crippen molar-refractivity contribution in [1.29, 1.82) is 0 Å². The number of alkyl halides is 2. The minimum Gasteiger partial charge on any atom is -0.508 e. The minimum absolute atomic E-state index is 0.0749. The second kappa shape index (κ2) is 13.1. The summed E-state index contributed by atoms with van der Waals surface area (Å²) in [5.41, 5.74) is 2.85. The van der Waals surface area contributed by atoms with Crippen molar-refractivity contribution in [1.82, 2.24) is 0 Å². The fraction of sp³-hybridized carbons (Fsp3) is 0.238. The molecule has 4 amide bonds. The number of ether oxygens (including phenoxy) is 2. The van der Waals surface area contributed by atoms with Gasteiger partial charge in [0.25, 0.3) is 11.8 Å². The van der Waals surface area contributed by atoms with E-state index in [-0.39, 0.29) is 29.8 Å². The van der Waals surface area contributed by atoms with Gasteiger partial charge in [-0.2, -0.15) is 0 Å². The molecule has 1 N–H and O–H groups in total. The molecule has 9 nitrogen and oxygen atoms in total. The van der Waals surface area contributed by atoms with Crippen molar-refractivity contribution in [3.63, 3.8) is 0 Å². The summed E-state index contributed by atoms with van der Waals surface area (Å²) >= 11 is 14.8. The van der Waals surface area contributed by atoms with Crippen LogP contribution in [0.2, 0.25) is 0 Å². The maximum absolute atomic E-state index is 14.5. The van der Waals surface area contributed by atoms with Crippen molar-refractivity contribution in [2.24, 2.45) is 17.8 Å². The van der Waals surface area contributed by atoms with Gasteiger partial charge in [-0.1, -0.05) is 54.1 Å². The Balaban J connectivity index is 1.15. The van der Waals surface area contributed by atoms with Crippen LogP contribution in [-0.2, 0) is 19.2 Å². The lowest BCUT2D eigenvalue weighted by atomic mass is 9.56. The smallest absolute Gasteiger partial charge is 0.258 e. The number of hydrogen-bond acceptors (Lipinski definition) is 7. The van der Waals surface area contributed by atoms with E-state index in [9.17, 15) is 28.7 Å². The van der Waals surface area contributed by atoms with Gasteiger partial charge in [0.15, 0.2) is 9.75 Å². The molecule has 6 atom stereocenters. The largest absolute Gasteiger partial charge is 0.508 e. The fourth-order valence-electron chi connectivity index (χ4n) is 8.62. The Bertz CT molecular complexity index is 2290. The third-order valence-corrected chi connectivity index (χ3v) is 12.6. The Morgan fingerprint density at radius 3 is 2.17 bits per heavy atom. The van der Waals surface area contributed by atoms with Crippen molar-refractivity contribution < 1.29 is 38.1 Å². The van der Waals surface area contributed by atoms with Gasteiger partial charge >= 0.3 is 0 Å². The maximum Gasteiger partial charge on any atom is 0.258 e. The number of methoxy groups -OCH3 is 2. The minimum atomic E-state index is -2.14. The number of carbonyl (C=O) groups excluding carboxylic acids is 4. The van der Waals surface area contributed by atoms with Crippen LogP contribution in [0.5, 0.6) is 17.2 Å². The molecule has 0 unspecified atom stereocenters. The van der Waals surface area contributed by atoms with E-state index in [4.69, 9.17) is 32.7 Å². The SMILES string of the molecule is COc1ccc(OC)c(C=Cc2ccc(N3C(=O)[C@H]4[C@H](CC=C5[C@H]4C[C@@]4(Cl)C(=O)N(c6ccc(F)cc6)C(=O)[C@@]4(Cl)[C@H]5c4ccccc4O)C3=O)cc2)c1. The van der Waals surface area contributed by atoms with Gasteiger partial charge < -0.3 is 14.6 Å². The molecule has 0 radical (unpaired) electrons. The van der Waals surface area contributed by atoms with Crippen LogP contribution in [0.15, 0.2) is 103 Å². The lowest BCUT2D eigenvalue weighted by Crippen LogP contribution is -2.60. The molecule has 3 fully saturated rings. The number of para-hydroxylation sites is 1. The third-order valence-electron chi connectivity index (χ3n) is 11.2. The Kier molecular flexibility index (Phi) is 8.66. The van der Waals surface area contributed by atoms with Crippen LogP contribution in [0.25, 0.3) is 12.2 Å². The first-order chi connectivity index (χ1) is 25.9. The van der Waals surface area contributed by atoms with E-state index in [1.807, 2.05) is 24.3 Å². The van der Waals surface area contributed by atoms with Crippen LogP contribution >= 0.6 is 23.2 Å². The highest BCUT2D eigenvalue weighted by Gasteiger charge is 2.77. The Hall–Kier alpha value is -5.45. The first-order valence-corrected chi connectivity index (χ1v) is 18.1. The topological polar surface area (TPSA) is 113 Å². The van der Waals surface area contributed by atoms with Crippen LogP contribution in [0, 0.1) is 23.6 Å². The van der Waals surface area contributed by atoms with Crippen molar-refractivity contribution in [3.8, 4) is 17.2 Å². The van der Waals surface area contributed by atoms with E-state index in [0.29, 0.717) is 22.8 Å². The van der Waals surface area contributed by atoms with E-state index >= 15 is 0 Å². The number of anilines is 2. The summed E-state index contributed by atoms with van der Waals surface area (Å²) in [4.78, 5) is 55.2. The summed E-state index contributed by atoms with van der Waals surface area (Å²) < 4.78 is 24.7. The van der Waals surface area contributed by atoms with Crippen molar-refractivity contribution in [3.05, 3.63) is 125 Å². The predicted molar refractivity (Wildman–Crippen MR) is 202 cm³/mol. The molecule has 4 aliphatic rings. The van der Waals surface area contributed by atoms with E-state index < -0.39 is 62.9 Å². The van der Waals surface area contributed by atoms with Crippen molar-refractivity contribution >= 4 is 70.4 Å². The van der Waals surface area contributed by atoms with Crippen LogP contribution in [0.1, 0.15) is 35.4 Å². The van der Waals surface area contributed by atoms with E-state index in [0.717, 1.165) is 28.2 Å². The number of fused-ring (bicyclic) bond motifs is 4.